The molecule has 2 amide bonds. The molecule has 2 aromatic carbocycles. The van der Waals surface area contributed by atoms with Crippen LogP contribution in [0.3, 0.4) is 0 Å². The van der Waals surface area contributed by atoms with Crippen molar-refractivity contribution in [3.63, 3.8) is 0 Å². The molecule has 0 radical (unpaired) electrons. The van der Waals surface area contributed by atoms with E-state index in [1.54, 1.807) is 35.1 Å². The summed E-state index contributed by atoms with van der Waals surface area (Å²) in [6, 6.07) is 12.7. The third-order valence-corrected chi connectivity index (χ3v) is 6.07. The third kappa shape index (κ3) is 4.41. The summed E-state index contributed by atoms with van der Waals surface area (Å²) >= 11 is 1.88. The minimum Gasteiger partial charge on any atom is -0.337 e. The van der Waals surface area contributed by atoms with E-state index < -0.39 is 0 Å². The lowest BCUT2D eigenvalue weighted by Crippen LogP contribution is -2.37. The quantitative estimate of drug-likeness (QED) is 0.694. The fourth-order valence-electron chi connectivity index (χ4n) is 3.40. The second-order valence-electron chi connectivity index (χ2n) is 7.40. The van der Waals surface area contributed by atoms with Crippen molar-refractivity contribution in [1.82, 2.24) is 14.7 Å². The predicted octanol–water partition coefficient (Wildman–Crippen LogP) is 3.93. The van der Waals surface area contributed by atoms with Gasteiger partial charge in [-0.15, -0.1) is 0 Å². The fourth-order valence-corrected chi connectivity index (χ4v) is 4.30. The first-order chi connectivity index (χ1) is 14.5. The van der Waals surface area contributed by atoms with Crippen molar-refractivity contribution in [2.75, 3.05) is 29.9 Å². The molecule has 0 aliphatic carbocycles. The highest BCUT2D eigenvalue weighted by Crippen LogP contribution is 2.20. The van der Waals surface area contributed by atoms with Crippen LogP contribution in [0.15, 0.2) is 54.9 Å². The average Bonchev–Trinajstić information content (AvgIpc) is 3.21. The number of amides is 2. The molecule has 1 saturated heterocycles. The molecule has 1 N–H and O–H groups in total. The zero-order chi connectivity index (χ0) is 21.1. The van der Waals surface area contributed by atoms with E-state index in [2.05, 4.69) is 10.4 Å². The van der Waals surface area contributed by atoms with Crippen LogP contribution in [-0.2, 0) is 0 Å². The van der Waals surface area contributed by atoms with Crippen LogP contribution in [0.1, 0.15) is 31.8 Å². The Labute approximate surface area is 180 Å². The van der Waals surface area contributed by atoms with Crippen LogP contribution in [0.25, 0.3) is 5.69 Å². The Morgan fingerprint density at radius 3 is 2.33 bits per heavy atom. The number of aryl methyl sites for hydroxylation is 2. The van der Waals surface area contributed by atoms with Crippen LogP contribution >= 0.6 is 11.8 Å². The normalized spacial score (nSPS) is 13.9. The van der Waals surface area contributed by atoms with E-state index in [9.17, 15) is 9.59 Å². The van der Waals surface area contributed by atoms with E-state index >= 15 is 0 Å². The summed E-state index contributed by atoms with van der Waals surface area (Å²) in [5.41, 5.74) is 4.77. The number of anilines is 1. The Hall–Kier alpha value is -3.06. The number of nitrogens with one attached hydrogen (secondary N) is 1. The number of nitrogens with zero attached hydrogens (tertiary/aromatic N) is 3. The number of carbonyl (C=O) groups excluding carboxylic acids is 2. The number of thioether (sulfide) groups is 1. The molecule has 0 bridgehead atoms. The van der Waals surface area contributed by atoms with Gasteiger partial charge in [-0.05, 0) is 67.4 Å². The molecule has 3 aromatic rings. The van der Waals surface area contributed by atoms with Gasteiger partial charge >= 0.3 is 0 Å². The highest BCUT2D eigenvalue weighted by molar-refractivity contribution is 7.99. The highest BCUT2D eigenvalue weighted by Gasteiger charge is 2.19. The molecule has 1 aromatic heterocycles. The van der Waals surface area contributed by atoms with Gasteiger partial charge in [0.05, 0.1) is 11.9 Å². The summed E-state index contributed by atoms with van der Waals surface area (Å²) in [6.07, 6.45) is 3.73. The Morgan fingerprint density at radius 1 is 1.00 bits per heavy atom. The Morgan fingerprint density at radius 2 is 1.70 bits per heavy atom. The van der Waals surface area contributed by atoms with Gasteiger partial charge in [0.15, 0.2) is 0 Å². The van der Waals surface area contributed by atoms with E-state index in [1.165, 1.54) is 0 Å². The fraction of sp³-hybridized carbons (Fsp3) is 0.261. The smallest absolute Gasteiger partial charge is 0.255 e. The molecule has 1 aliphatic rings. The second kappa shape index (κ2) is 8.75. The number of hydrogen-bond donors (Lipinski definition) is 1. The highest BCUT2D eigenvalue weighted by atomic mass is 32.2. The predicted molar refractivity (Wildman–Crippen MR) is 121 cm³/mol. The standard InChI is InChI=1S/C23H24N4O2S/c1-16-14-24-27(15-16)20-6-3-18(4-7-20)22(28)25-21-8-5-19(13-17(21)2)23(29)26-9-11-30-12-10-26/h3-8,13-15H,9-12H2,1-2H3,(H,25,28). The average molecular weight is 421 g/mol. The number of benzene rings is 2. The van der Waals surface area contributed by atoms with Crippen LogP contribution in [0.4, 0.5) is 5.69 Å². The van der Waals surface area contributed by atoms with Crippen LogP contribution in [0, 0.1) is 13.8 Å². The molecule has 7 heteroatoms. The molecule has 0 unspecified atom stereocenters. The van der Waals surface area contributed by atoms with Gasteiger partial charge in [0, 0.05) is 47.6 Å². The maximum absolute atomic E-state index is 12.7. The minimum atomic E-state index is -0.187. The zero-order valence-electron chi connectivity index (χ0n) is 17.1. The number of aromatic nitrogens is 2. The Kier molecular flexibility index (Phi) is 5.90. The molecule has 1 aliphatic heterocycles. The molecule has 154 valence electrons. The maximum Gasteiger partial charge on any atom is 0.255 e. The van der Waals surface area contributed by atoms with Crippen LogP contribution < -0.4 is 5.32 Å². The van der Waals surface area contributed by atoms with E-state index in [4.69, 9.17) is 0 Å². The molecule has 30 heavy (non-hydrogen) atoms. The summed E-state index contributed by atoms with van der Waals surface area (Å²) in [5, 5.41) is 7.23. The van der Waals surface area contributed by atoms with E-state index in [0.717, 1.165) is 41.4 Å². The van der Waals surface area contributed by atoms with E-state index in [0.29, 0.717) is 16.8 Å². The maximum atomic E-state index is 12.7. The third-order valence-electron chi connectivity index (χ3n) is 5.13. The van der Waals surface area contributed by atoms with Crippen molar-refractivity contribution in [2.24, 2.45) is 0 Å². The van der Waals surface area contributed by atoms with Crippen LogP contribution in [0.2, 0.25) is 0 Å². The van der Waals surface area contributed by atoms with Crippen molar-refractivity contribution in [3.05, 3.63) is 77.1 Å². The second-order valence-corrected chi connectivity index (χ2v) is 8.62. The van der Waals surface area contributed by atoms with Gasteiger partial charge in [0.1, 0.15) is 0 Å². The van der Waals surface area contributed by atoms with E-state index in [1.807, 2.05) is 54.9 Å². The molecule has 0 saturated carbocycles. The van der Waals surface area contributed by atoms with Crippen LogP contribution in [0.5, 0.6) is 0 Å². The molecule has 2 heterocycles. The molecule has 0 atom stereocenters. The summed E-state index contributed by atoms with van der Waals surface area (Å²) in [7, 11) is 0. The lowest BCUT2D eigenvalue weighted by Gasteiger charge is -2.26. The first-order valence-electron chi connectivity index (χ1n) is 9.92. The molecule has 0 spiro atoms. The van der Waals surface area contributed by atoms with Gasteiger partial charge in [0.2, 0.25) is 0 Å². The van der Waals surface area contributed by atoms with E-state index in [-0.39, 0.29) is 11.8 Å². The van der Waals surface area contributed by atoms with Crippen molar-refractivity contribution in [2.45, 2.75) is 13.8 Å². The van der Waals surface area contributed by atoms with Crippen molar-refractivity contribution in [3.8, 4) is 5.69 Å². The topological polar surface area (TPSA) is 67.2 Å². The van der Waals surface area contributed by atoms with Gasteiger partial charge in [-0.3, -0.25) is 9.59 Å². The van der Waals surface area contributed by atoms with Crippen molar-refractivity contribution in [1.29, 1.82) is 0 Å². The first kappa shape index (κ1) is 20.2. The van der Waals surface area contributed by atoms with Crippen LogP contribution in [-0.4, -0.2) is 51.1 Å². The van der Waals surface area contributed by atoms with Crippen molar-refractivity contribution < 1.29 is 9.59 Å². The minimum absolute atomic E-state index is 0.0562. The monoisotopic (exact) mass is 420 g/mol. The van der Waals surface area contributed by atoms with Gasteiger partial charge in [-0.2, -0.15) is 16.9 Å². The molecule has 4 rings (SSSR count). The van der Waals surface area contributed by atoms with Gasteiger partial charge in [-0.25, -0.2) is 4.68 Å². The number of rotatable bonds is 4. The van der Waals surface area contributed by atoms with Crippen molar-refractivity contribution >= 4 is 29.3 Å². The van der Waals surface area contributed by atoms with Gasteiger partial charge < -0.3 is 10.2 Å². The molecule has 1 fully saturated rings. The SMILES string of the molecule is Cc1cnn(-c2ccc(C(=O)Nc3ccc(C(=O)N4CCSCC4)cc3C)cc2)c1. The molecule has 6 nitrogen and oxygen atoms in total. The summed E-state index contributed by atoms with van der Waals surface area (Å²) < 4.78 is 1.78. The lowest BCUT2D eigenvalue weighted by molar-refractivity contribution is 0.0772. The van der Waals surface area contributed by atoms with Gasteiger partial charge in [-0.1, -0.05) is 0 Å². The number of carbonyl (C=O) groups is 2. The Bertz CT molecular complexity index is 1070. The summed E-state index contributed by atoms with van der Waals surface area (Å²) in [5.74, 6) is 1.84. The Balaban J connectivity index is 1.44. The molecular formula is C23H24N4O2S. The zero-order valence-corrected chi connectivity index (χ0v) is 17.9. The van der Waals surface area contributed by atoms with Gasteiger partial charge in [0.25, 0.3) is 11.8 Å². The largest absolute Gasteiger partial charge is 0.337 e. The summed E-state index contributed by atoms with van der Waals surface area (Å²) in [4.78, 5) is 27.2. The number of hydrogen-bond acceptors (Lipinski definition) is 4. The molecular weight excluding hydrogens is 396 g/mol. The lowest BCUT2D eigenvalue weighted by atomic mass is 10.1. The summed E-state index contributed by atoms with van der Waals surface area (Å²) in [6.45, 7) is 5.46. The first-order valence-corrected chi connectivity index (χ1v) is 11.1.